The van der Waals surface area contributed by atoms with E-state index in [9.17, 15) is 9.18 Å². The molecule has 1 atom stereocenters. The van der Waals surface area contributed by atoms with Crippen molar-refractivity contribution >= 4 is 17.7 Å². The van der Waals surface area contributed by atoms with Crippen molar-refractivity contribution in [3.05, 3.63) is 78.4 Å². The molecule has 1 heterocycles. The number of rotatable bonds is 7. The Bertz CT molecular complexity index is 794. The lowest BCUT2D eigenvalue weighted by atomic mass is 10.1. The molecule has 0 saturated heterocycles. The van der Waals surface area contributed by atoms with Crippen LogP contribution in [0.25, 0.3) is 0 Å². The van der Waals surface area contributed by atoms with E-state index in [2.05, 4.69) is 15.5 Å². The Morgan fingerprint density at radius 3 is 2.44 bits per heavy atom. The van der Waals surface area contributed by atoms with E-state index in [4.69, 9.17) is 0 Å². The summed E-state index contributed by atoms with van der Waals surface area (Å²) in [6.45, 7) is 0.448. The maximum atomic E-state index is 12.9. The third-order valence-corrected chi connectivity index (χ3v) is 4.55. The zero-order chi connectivity index (χ0) is 17.5. The van der Waals surface area contributed by atoms with E-state index in [-0.39, 0.29) is 23.5 Å². The maximum absolute atomic E-state index is 12.9. The summed E-state index contributed by atoms with van der Waals surface area (Å²) in [5.41, 5.74) is 0.986. The van der Waals surface area contributed by atoms with Gasteiger partial charge < -0.3 is 5.32 Å². The number of hydrogen-bond acceptors (Lipinski definition) is 4. The van der Waals surface area contributed by atoms with Crippen molar-refractivity contribution in [2.24, 2.45) is 0 Å². The lowest BCUT2D eigenvalue weighted by Gasteiger charge is -2.18. The minimum Gasteiger partial charge on any atom is -0.347 e. The van der Waals surface area contributed by atoms with Crippen molar-refractivity contribution in [1.29, 1.82) is 0 Å². The number of hydrogen-bond donors (Lipinski definition) is 1. The van der Waals surface area contributed by atoms with Crippen LogP contribution in [0.3, 0.4) is 0 Å². The number of nitrogens with zero attached hydrogens (tertiary/aromatic N) is 3. The van der Waals surface area contributed by atoms with E-state index in [1.54, 1.807) is 29.3 Å². The van der Waals surface area contributed by atoms with Gasteiger partial charge in [-0.25, -0.2) is 4.39 Å². The molecule has 3 aromatic rings. The van der Waals surface area contributed by atoms with Crippen LogP contribution in [0.15, 0.2) is 71.9 Å². The van der Waals surface area contributed by atoms with Gasteiger partial charge in [0.15, 0.2) is 0 Å². The molecular weight excluding hydrogens is 339 g/mol. The van der Waals surface area contributed by atoms with Crippen LogP contribution in [0.4, 0.5) is 4.39 Å². The number of carbonyl (C=O) groups is 1. The van der Waals surface area contributed by atoms with Crippen molar-refractivity contribution in [1.82, 2.24) is 20.3 Å². The lowest BCUT2D eigenvalue weighted by molar-refractivity contribution is -0.119. The number of benzene rings is 2. The number of carbonyl (C=O) groups excluding carboxylic acids is 1. The molecule has 0 saturated carbocycles. The van der Waals surface area contributed by atoms with Gasteiger partial charge >= 0.3 is 0 Å². The van der Waals surface area contributed by atoms with Gasteiger partial charge in [-0.2, -0.15) is 15.0 Å². The molecule has 0 spiro atoms. The summed E-state index contributed by atoms with van der Waals surface area (Å²) in [6, 6.07) is 15.6. The van der Waals surface area contributed by atoms with Gasteiger partial charge in [-0.1, -0.05) is 30.3 Å². The zero-order valence-corrected chi connectivity index (χ0v) is 14.2. The molecular formula is C18H17FN4OS. The molecule has 0 unspecified atom stereocenters. The molecule has 0 fully saturated rings. The highest BCUT2D eigenvalue weighted by atomic mass is 32.2. The van der Waals surface area contributed by atoms with Crippen LogP contribution in [0.2, 0.25) is 0 Å². The summed E-state index contributed by atoms with van der Waals surface area (Å²) < 4.78 is 12.9. The lowest BCUT2D eigenvalue weighted by Crippen LogP contribution is -2.33. The molecule has 25 heavy (non-hydrogen) atoms. The first kappa shape index (κ1) is 17.2. The van der Waals surface area contributed by atoms with E-state index >= 15 is 0 Å². The average Bonchev–Trinajstić information content (AvgIpc) is 3.15. The topological polar surface area (TPSA) is 59.8 Å². The summed E-state index contributed by atoms with van der Waals surface area (Å²) in [7, 11) is 0. The van der Waals surface area contributed by atoms with Gasteiger partial charge in [-0.3, -0.25) is 4.79 Å². The summed E-state index contributed by atoms with van der Waals surface area (Å²) in [5, 5.41) is 11.2. The Labute approximate surface area is 149 Å². The molecule has 2 aromatic carbocycles. The van der Waals surface area contributed by atoms with Crippen LogP contribution in [0.5, 0.6) is 0 Å². The number of nitrogens with one attached hydrogen (secondary N) is 1. The standard InChI is InChI=1S/C18H17FN4OS/c19-15-6-8-16(9-7-15)25-13-18(24)22-17(12-23-20-10-11-21-23)14-4-2-1-3-5-14/h1-11,17H,12-13H2,(H,22,24)/t17-/m1/s1. The summed E-state index contributed by atoms with van der Waals surface area (Å²) in [6.07, 6.45) is 3.21. The second-order valence-electron chi connectivity index (χ2n) is 5.36. The van der Waals surface area contributed by atoms with Crippen LogP contribution in [0.1, 0.15) is 11.6 Å². The van der Waals surface area contributed by atoms with Crippen LogP contribution >= 0.6 is 11.8 Å². The van der Waals surface area contributed by atoms with Crippen LogP contribution in [0, 0.1) is 5.82 Å². The smallest absolute Gasteiger partial charge is 0.230 e. The van der Waals surface area contributed by atoms with Crippen LogP contribution < -0.4 is 5.32 Å². The fourth-order valence-electron chi connectivity index (χ4n) is 2.34. The molecule has 128 valence electrons. The van der Waals surface area contributed by atoms with Gasteiger partial charge in [0, 0.05) is 4.90 Å². The number of thioether (sulfide) groups is 1. The quantitative estimate of drug-likeness (QED) is 0.661. The molecule has 0 radical (unpaired) electrons. The molecule has 0 aliphatic heterocycles. The monoisotopic (exact) mass is 356 g/mol. The predicted molar refractivity (Wildman–Crippen MR) is 94.5 cm³/mol. The third-order valence-electron chi connectivity index (χ3n) is 3.53. The molecule has 5 nitrogen and oxygen atoms in total. The molecule has 1 amide bonds. The van der Waals surface area contributed by atoms with E-state index in [1.165, 1.54) is 23.9 Å². The molecule has 0 aliphatic rings. The van der Waals surface area contributed by atoms with Gasteiger partial charge in [0.1, 0.15) is 5.82 Å². The van der Waals surface area contributed by atoms with E-state index in [1.807, 2.05) is 30.3 Å². The second-order valence-corrected chi connectivity index (χ2v) is 6.41. The first-order valence-corrected chi connectivity index (χ1v) is 8.76. The van der Waals surface area contributed by atoms with Crippen LogP contribution in [-0.4, -0.2) is 26.7 Å². The molecule has 7 heteroatoms. The predicted octanol–water partition coefficient (Wildman–Crippen LogP) is 3.07. The van der Waals surface area contributed by atoms with E-state index in [0.29, 0.717) is 6.54 Å². The number of amides is 1. The van der Waals surface area contributed by atoms with Crippen LogP contribution in [-0.2, 0) is 11.3 Å². The number of halogens is 1. The van der Waals surface area contributed by atoms with Crippen molar-refractivity contribution < 1.29 is 9.18 Å². The molecule has 0 aliphatic carbocycles. The Morgan fingerprint density at radius 2 is 1.76 bits per heavy atom. The van der Waals surface area contributed by atoms with Crippen molar-refractivity contribution in [2.45, 2.75) is 17.5 Å². The highest BCUT2D eigenvalue weighted by molar-refractivity contribution is 8.00. The van der Waals surface area contributed by atoms with Crippen molar-refractivity contribution in [3.63, 3.8) is 0 Å². The maximum Gasteiger partial charge on any atom is 0.230 e. The second kappa shape index (κ2) is 8.43. The SMILES string of the molecule is O=C(CSc1ccc(F)cc1)N[C@H](Cn1nccn1)c1ccccc1. The molecule has 1 N–H and O–H groups in total. The minimum absolute atomic E-state index is 0.102. The highest BCUT2D eigenvalue weighted by Gasteiger charge is 2.16. The van der Waals surface area contributed by atoms with Gasteiger partial charge in [-0.15, -0.1) is 11.8 Å². The summed E-state index contributed by atoms with van der Waals surface area (Å²) >= 11 is 1.37. The largest absolute Gasteiger partial charge is 0.347 e. The summed E-state index contributed by atoms with van der Waals surface area (Å²) in [5.74, 6) is -0.137. The molecule has 1 aromatic heterocycles. The molecule has 3 rings (SSSR count). The van der Waals surface area contributed by atoms with Gasteiger partial charge in [0.05, 0.1) is 30.7 Å². The Kier molecular flexibility index (Phi) is 5.79. The zero-order valence-electron chi connectivity index (χ0n) is 13.4. The van der Waals surface area contributed by atoms with E-state index in [0.717, 1.165) is 10.5 Å². The van der Waals surface area contributed by atoms with Gasteiger partial charge in [0.25, 0.3) is 0 Å². The minimum atomic E-state index is -0.287. The third kappa shape index (κ3) is 5.15. The average molecular weight is 356 g/mol. The van der Waals surface area contributed by atoms with Crippen molar-refractivity contribution in [2.75, 3.05) is 5.75 Å². The molecule has 0 bridgehead atoms. The number of aromatic nitrogens is 3. The van der Waals surface area contributed by atoms with Gasteiger partial charge in [-0.05, 0) is 29.8 Å². The van der Waals surface area contributed by atoms with Gasteiger partial charge in [0.2, 0.25) is 5.91 Å². The first-order valence-electron chi connectivity index (χ1n) is 7.77. The fourth-order valence-corrected chi connectivity index (χ4v) is 3.05. The fraction of sp³-hybridized carbons (Fsp3) is 0.167. The van der Waals surface area contributed by atoms with Crippen molar-refractivity contribution in [3.8, 4) is 0 Å². The Balaban J connectivity index is 1.62. The first-order chi connectivity index (χ1) is 12.2. The highest BCUT2D eigenvalue weighted by Crippen LogP contribution is 2.19. The Hall–Kier alpha value is -2.67. The Morgan fingerprint density at radius 1 is 1.08 bits per heavy atom. The van der Waals surface area contributed by atoms with E-state index < -0.39 is 0 Å². The summed E-state index contributed by atoms with van der Waals surface area (Å²) in [4.78, 5) is 14.7. The normalized spacial score (nSPS) is 11.9.